The van der Waals surface area contributed by atoms with Crippen LogP contribution < -0.4 is 0 Å². The van der Waals surface area contributed by atoms with Gasteiger partial charge < -0.3 is 10.0 Å². The molecule has 0 unspecified atom stereocenters. The molecule has 18 heavy (non-hydrogen) atoms. The Morgan fingerprint density at radius 1 is 1.28 bits per heavy atom. The van der Waals surface area contributed by atoms with Crippen LogP contribution in [0.4, 0.5) is 0 Å². The van der Waals surface area contributed by atoms with Crippen molar-refractivity contribution in [3.8, 4) is 12.1 Å². The summed E-state index contributed by atoms with van der Waals surface area (Å²) < 4.78 is 0. The van der Waals surface area contributed by atoms with Crippen LogP contribution in [0.3, 0.4) is 0 Å². The highest BCUT2D eigenvalue weighted by Gasteiger charge is 2.28. The molecule has 1 saturated heterocycles. The van der Waals surface area contributed by atoms with Crippen LogP contribution in [-0.4, -0.2) is 60.1 Å². The monoisotopic (exact) mass is 250 g/mol. The molecule has 0 radical (unpaired) electrons. The molecule has 6 heteroatoms. The normalized spacial score (nSPS) is 15.5. The number of nitriles is 2. The van der Waals surface area contributed by atoms with E-state index < -0.39 is 0 Å². The van der Waals surface area contributed by atoms with Crippen LogP contribution in [0, 0.1) is 28.6 Å². The number of carbonyl (C=O) groups is 1. The quantitative estimate of drug-likeness (QED) is 0.661. The number of hydrogen-bond acceptors (Lipinski definition) is 5. The summed E-state index contributed by atoms with van der Waals surface area (Å²) >= 11 is 0. The summed E-state index contributed by atoms with van der Waals surface area (Å²) in [6, 6.07) is 4.01. The van der Waals surface area contributed by atoms with Gasteiger partial charge in [0.25, 0.3) is 0 Å². The minimum Gasteiger partial charge on any atom is -0.396 e. The van der Waals surface area contributed by atoms with Crippen LogP contribution >= 0.6 is 0 Å². The molecule has 0 saturated carbocycles. The predicted octanol–water partition coefficient (Wildman–Crippen LogP) is -0.434. The van der Waals surface area contributed by atoms with Gasteiger partial charge >= 0.3 is 0 Å². The predicted molar refractivity (Wildman–Crippen MR) is 64.1 cm³/mol. The van der Waals surface area contributed by atoms with Gasteiger partial charge in [-0.2, -0.15) is 10.5 Å². The van der Waals surface area contributed by atoms with Crippen LogP contribution in [-0.2, 0) is 4.79 Å². The van der Waals surface area contributed by atoms with E-state index in [1.54, 1.807) is 4.90 Å². The second kappa shape index (κ2) is 7.65. The van der Waals surface area contributed by atoms with E-state index in [4.69, 9.17) is 15.6 Å². The van der Waals surface area contributed by atoms with E-state index in [2.05, 4.69) is 0 Å². The van der Waals surface area contributed by atoms with Crippen molar-refractivity contribution in [3.63, 3.8) is 0 Å². The van der Waals surface area contributed by atoms with Crippen molar-refractivity contribution < 1.29 is 9.90 Å². The number of likely N-dealkylation sites (tertiary alicyclic amines) is 1. The molecule has 0 aliphatic carbocycles. The van der Waals surface area contributed by atoms with Gasteiger partial charge in [-0.25, -0.2) is 0 Å². The van der Waals surface area contributed by atoms with Gasteiger partial charge in [0.05, 0.1) is 31.5 Å². The van der Waals surface area contributed by atoms with Crippen LogP contribution in [0.2, 0.25) is 0 Å². The van der Waals surface area contributed by atoms with Gasteiger partial charge in [0.1, 0.15) is 0 Å². The molecule has 1 fully saturated rings. The molecule has 0 aromatic rings. The van der Waals surface area contributed by atoms with Gasteiger partial charge in [-0.3, -0.25) is 9.69 Å². The molecule has 0 atom stereocenters. The Kier molecular flexibility index (Phi) is 6.13. The zero-order chi connectivity index (χ0) is 13.4. The number of aliphatic hydroxyl groups excluding tert-OH is 1. The van der Waals surface area contributed by atoms with Crippen LogP contribution in [0.25, 0.3) is 0 Å². The maximum atomic E-state index is 12.0. The molecule has 98 valence electrons. The zero-order valence-corrected chi connectivity index (χ0v) is 10.4. The Hall–Kier alpha value is -1.63. The lowest BCUT2D eigenvalue weighted by molar-refractivity contribution is -0.134. The first-order chi connectivity index (χ1) is 8.71. The highest BCUT2D eigenvalue weighted by atomic mass is 16.3. The van der Waals surface area contributed by atoms with Crippen molar-refractivity contribution in [1.29, 1.82) is 10.5 Å². The largest absolute Gasteiger partial charge is 0.396 e. The molecule has 6 nitrogen and oxygen atoms in total. The maximum Gasteiger partial charge on any atom is 0.236 e. The molecule has 1 rings (SSSR count). The number of hydrogen-bond donors (Lipinski definition) is 1. The fraction of sp³-hybridized carbons (Fsp3) is 0.750. The van der Waals surface area contributed by atoms with Crippen molar-refractivity contribution in [3.05, 3.63) is 0 Å². The molecule has 0 bridgehead atoms. The number of amides is 1. The van der Waals surface area contributed by atoms with Crippen molar-refractivity contribution >= 4 is 5.91 Å². The molecule has 1 amide bonds. The van der Waals surface area contributed by atoms with Gasteiger partial charge in [0.2, 0.25) is 5.91 Å². The SMILES string of the molecule is N#CCCN(CCC#N)C(=O)CN1CC(CO)C1. The smallest absolute Gasteiger partial charge is 0.236 e. The van der Waals surface area contributed by atoms with Gasteiger partial charge in [0.15, 0.2) is 0 Å². The van der Waals surface area contributed by atoms with Crippen molar-refractivity contribution in [2.45, 2.75) is 12.8 Å². The summed E-state index contributed by atoms with van der Waals surface area (Å²) in [6.07, 6.45) is 0.576. The Labute approximate surface area is 107 Å². The average Bonchev–Trinajstić information content (AvgIpc) is 2.33. The lowest BCUT2D eigenvalue weighted by atomic mass is 10.0. The third kappa shape index (κ3) is 4.33. The van der Waals surface area contributed by atoms with Crippen LogP contribution in [0.1, 0.15) is 12.8 Å². The topological polar surface area (TPSA) is 91.4 Å². The van der Waals surface area contributed by atoms with Gasteiger partial charge in [-0.1, -0.05) is 0 Å². The van der Waals surface area contributed by atoms with E-state index in [0.29, 0.717) is 19.6 Å². The third-order valence-corrected chi connectivity index (χ3v) is 2.99. The number of aliphatic hydroxyl groups is 1. The summed E-state index contributed by atoms with van der Waals surface area (Å²) in [6.45, 7) is 2.73. The third-order valence-electron chi connectivity index (χ3n) is 2.99. The Bertz CT molecular complexity index is 334. The molecule has 1 heterocycles. The van der Waals surface area contributed by atoms with E-state index in [9.17, 15) is 4.79 Å². The van der Waals surface area contributed by atoms with Crippen molar-refractivity contribution in [2.24, 2.45) is 5.92 Å². The number of rotatable bonds is 7. The molecular weight excluding hydrogens is 232 g/mol. The number of carbonyl (C=O) groups excluding carboxylic acids is 1. The fourth-order valence-corrected chi connectivity index (χ4v) is 1.94. The molecule has 1 aliphatic rings. The van der Waals surface area contributed by atoms with Crippen molar-refractivity contribution in [1.82, 2.24) is 9.80 Å². The standard InChI is InChI=1S/C12H18N4O2/c13-3-1-5-16(6-2-4-14)12(18)9-15-7-11(8-15)10-17/h11,17H,1-2,5-10H2. The Balaban J connectivity index is 2.34. The second-order valence-corrected chi connectivity index (χ2v) is 4.44. The summed E-state index contributed by atoms with van der Waals surface area (Å²) in [7, 11) is 0. The lowest BCUT2D eigenvalue weighted by Gasteiger charge is -2.38. The molecule has 0 spiro atoms. The van der Waals surface area contributed by atoms with E-state index >= 15 is 0 Å². The van der Waals surface area contributed by atoms with Gasteiger partial charge in [-0.15, -0.1) is 0 Å². The summed E-state index contributed by atoms with van der Waals surface area (Å²) in [5.41, 5.74) is 0. The Morgan fingerprint density at radius 2 is 1.83 bits per heavy atom. The minimum atomic E-state index is -0.0445. The van der Waals surface area contributed by atoms with E-state index in [1.165, 1.54) is 0 Å². The zero-order valence-electron chi connectivity index (χ0n) is 10.4. The highest BCUT2D eigenvalue weighted by Crippen LogP contribution is 2.14. The summed E-state index contributed by atoms with van der Waals surface area (Å²) in [5.74, 6) is 0.237. The second-order valence-electron chi connectivity index (χ2n) is 4.44. The Morgan fingerprint density at radius 3 is 2.28 bits per heavy atom. The molecule has 0 aromatic carbocycles. The first-order valence-corrected chi connectivity index (χ1v) is 6.06. The summed E-state index contributed by atoms with van der Waals surface area (Å²) in [4.78, 5) is 15.5. The average molecular weight is 250 g/mol. The van der Waals surface area contributed by atoms with Crippen LogP contribution in [0.5, 0.6) is 0 Å². The van der Waals surface area contributed by atoms with E-state index in [1.807, 2.05) is 17.0 Å². The highest BCUT2D eigenvalue weighted by molar-refractivity contribution is 5.78. The van der Waals surface area contributed by atoms with E-state index in [0.717, 1.165) is 13.1 Å². The number of nitrogens with zero attached hydrogens (tertiary/aromatic N) is 4. The molecule has 1 N–H and O–H groups in total. The molecule has 1 aliphatic heterocycles. The maximum absolute atomic E-state index is 12.0. The van der Waals surface area contributed by atoms with E-state index in [-0.39, 0.29) is 31.3 Å². The van der Waals surface area contributed by atoms with Gasteiger partial charge in [-0.05, 0) is 0 Å². The van der Waals surface area contributed by atoms with Crippen LogP contribution in [0.15, 0.2) is 0 Å². The molecular formula is C12H18N4O2. The summed E-state index contributed by atoms with van der Waals surface area (Å²) in [5, 5.41) is 26.0. The first-order valence-electron chi connectivity index (χ1n) is 6.06. The minimum absolute atomic E-state index is 0.0445. The first kappa shape index (κ1) is 14.4. The molecule has 0 aromatic heterocycles. The fourth-order valence-electron chi connectivity index (χ4n) is 1.94. The lowest BCUT2D eigenvalue weighted by Crippen LogP contribution is -2.52. The van der Waals surface area contributed by atoms with Crippen molar-refractivity contribution in [2.75, 3.05) is 39.3 Å². The van der Waals surface area contributed by atoms with Gasteiger partial charge in [0, 0.05) is 38.7 Å².